The molecule has 0 saturated heterocycles. The highest BCUT2D eigenvalue weighted by Crippen LogP contribution is 2.34. The molecule has 1 aromatic carbocycles. The number of amides is 1. The van der Waals surface area contributed by atoms with Gasteiger partial charge in [-0.1, -0.05) is 6.07 Å². The van der Waals surface area contributed by atoms with E-state index in [-0.39, 0.29) is 35.1 Å². The van der Waals surface area contributed by atoms with Gasteiger partial charge in [0.15, 0.2) is 18.1 Å². The van der Waals surface area contributed by atoms with Crippen LogP contribution in [-0.4, -0.2) is 56.8 Å². The number of nitrogens with one attached hydrogen (secondary N) is 1. The van der Waals surface area contributed by atoms with Gasteiger partial charge in [-0.25, -0.2) is 9.59 Å². The molecule has 182 valence electrons. The minimum atomic E-state index is -0.683. The molecule has 0 bridgehead atoms. The van der Waals surface area contributed by atoms with Crippen molar-refractivity contribution in [1.82, 2.24) is 0 Å². The molecule has 3 rings (SSSR count). The van der Waals surface area contributed by atoms with Crippen LogP contribution in [0.3, 0.4) is 0 Å². The zero-order chi connectivity index (χ0) is 24.7. The molecule has 0 saturated carbocycles. The molecule has 10 nitrogen and oxygen atoms in total. The van der Waals surface area contributed by atoms with E-state index in [2.05, 4.69) is 5.32 Å². The minimum absolute atomic E-state index is 0.0610. The van der Waals surface area contributed by atoms with Gasteiger partial charge in [0, 0.05) is 0 Å². The lowest BCUT2D eigenvalue weighted by Crippen LogP contribution is -2.22. The first-order valence-electron chi connectivity index (χ1n) is 10.7. The van der Waals surface area contributed by atoms with Crippen molar-refractivity contribution < 1.29 is 42.9 Å². The number of hydrogen-bond acceptors (Lipinski definition) is 10. The number of hydrogen-bond donors (Lipinski definition) is 1. The van der Waals surface area contributed by atoms with Crippen molar-refractivity contribution in [3.05, 3.63) is 39.8 Å². The molecule has 0 atom stereocenters. The predicted octanol–water partition coefficient (Wildman–Crippen LogP) is 2.91. The number of rotatable bonds is 9. The van der Waals surface area contributed by atoms with Gasteiger partial charge in [-0.3, -0.25) is 9.59 Å². The number of fused-ring (bicyclic) bond motifs is 1. The zero-order valence-electron chi connectivity index (χ0n) is 19.1. The Bertz CT molecular complexity index is 1090. The van der Waals surface area contributed by atoms with E-state index in [1.807, 2.05) is 0 Å². The highest BCUT2D eigenvalue weighted by molar-refractivity contribution is 7.18. The van der Waals surface area contributed by atoms with Crippen molar-refractivity contribution in [3.63, 3.8) is 0 Å². The van der Waals surface area contributed by atoms with Crippen LogP contribution < -0.4 is 14.8 Å². The number of ether oxygens (including phenoxy) is 5. The topological polar surface area (TPSA) is 126 Å². The Balaban J connectivity index is 1.63. The van der Waals surface area contributed by atoms with Crippen LogP contribution in [0.2, 0.25) is 0 Å². The molecular formula is C23H25NO9S. The van der Waals surface area contributed by atoms with Gasteiger partial charge in [-0.15, -0.1) is 11.3 Å². The van der Waals surface area contributed by atoms with E-state index in [9.17, 15) is 19.2 Å². The van der Waals surface area contributed by atoms with E-state index in [0.717, 1.165) is 11.3 Å². The molecule has 1 aromatic heterocycles. The molecule has 1 amide bonds. The summed E-state index contributed by atoms with van der Waals surface area (Å²) in [4.78, 5) is 49.4. The SMILES string of the molecule is CCOC(=O)c1sc(NC(=O)COC(=O)Cc2ccc3c(c2)OCCO3)c(C(=O)OCC)c1C. The second kappa shape index (κ2) is 11.5. The van der Waals surface area contributed by atoms with Gasteiger partial charge in [0.1, 0.15) is 23.1 Å². The van der Waals surface area contributed by atoms with Crippen LogP contribution in [0.5, 0.6) is 11.5 Å². The Morgan fingerprint density at radius 3 is 2.35 bits per heavy atom. The zero-order valence-corrected chi connectivity index (χ0v) is 19.9. The lowest BCUT2D eigenvalue weighted by Gasteiger charge is -2.18. The average Bonchev–Trinajstić information content (AvgIpc) is 3.13. The van der Waals surface area contributed by atoms with Crippen LogP contribution in [-0.2, 0) is 30.2 Å². The van der Waals surface area contributed by atoms with Crippen LogP contribution in [0, 0.1) is 6.92 Å². The van der Waals surface area contributed by atoms with Crippen molar-refractivity contribution in [1.29, 1.82) is 0 Å². The van der Waals surface area contributed by atoms with Crippen LogP contribution in [0.25, 0.3) is 0 Å². The van der Waals surface area contributed by atoms with Crippen LogP contribution in [0.15, 0.2) is 18.2 Å². The molecule has 11 heteroatoms. The second-order valence-corrected chi connectivity index (χ2v) is 8.09. The average molecular weight is 492 g/mol. The second-order valence-electron chi connectivity index (χ2n) is 7.06. The van der Waals surface area contributed by atoms with E-state index in [0.29, 0.717) is 35.8 Å². The van der Waals surface area contributed by atoms with Gasteiger partial charge < -0.3 is 29.0 Å². The van der Waals surface area contributed by atoms with Gasteiger partial charge in [0.25, 0.3) is 5.91 Å². The Hall–Kier alpha value is -3.60. The first-order chi connectivity index (χ1) is 16.3. The fraction of sp³-hybridized carbons (Fsp3) is 0.391. The molecule has 0 aliphatic carbocycles. The molecule has 34 heavy (non-hydrogen) atoms. The fourth-order valence-corrected chi connectivity index (χ4v) is 4.27. The summed E-state index contributed by atoms with van der Waals surface area (Å²) in [5, 5.41) is 2.64. The van der Waals surface area contributed by atoms with Gasteiger partial charge in [0.05, 0.1) is 25.2 Å². The first kappa shape index (κ1) is 25.0. The van der Waals surface area contributed by atoms with E-state index < -0.39 is 30.4 Å². The Labute approximate surface area is 200 Å². The van der Waals surface area contributed by atoms with Crippen LogP contribution in [0.4, 0.5) is 5.00 Å². The van der Waals surface area contributed by atoms with Gasteiger partial charge >= 0.3 is 17.9 Å². The third kappa shape index (κ3) is 6.04. The maximum atomic E-state index is 12.4. The molecule has 2 aromatic rings. The molecule has 2 heterocycles. The predicted molar refractivity (Wildman–Crippen MR) is 122 cm³/mol. The quantitative estimate of drug-likeness (QED) is 0.416. The maximum absolute atomic E-state index is 12.4. The number of thiophene rings is 1. The number of benzene rings is 1. The highest BCUT2D eigenvalue weighted by Gasteiger charge is 2.27. The van der Waals surface area contributed by atoms with E-state index in [4.69, 9.17) is 23.7 Å². The third-order valence-electron chi connectivity index (χ3n) is 4.66. The normalized spacial score (nSPS) is 12.0. The van der Waals surface area contributed by atoms with Gasteiger partial charge in [-0.05, 0) is 44.0 Å². The van der Waals surface area contributed by atoms with Gasteiger partial charge in [-0.2, -0.15) is 0 Å². The summed E-state index contributed by atoms with van der Waals surface area (Å²) >= 11 is 0.893. The van der Waals surface area contributed by atoms with Crippen molar-refractivity contribution in [2.45, 2.75) is 27.2 Å². The molecule has 0 unspecified atom stereocenters. The number of carbonyl (C=O) groups excluding carboxylic acids is 4. The first-order valence-corrected chi connectivity index (χ1v) is 11.5. The summed E-state index contributed by atoms with van der Waals surface area (Å²) in [7, 11) is 0. The van der Waals surface area contributed by atoms with Crippen molar-refractivity contribution in [3.8, 4) is 11.5 Å². The number of anilines is 1. The molecule has 1 N–H and O–H groups in total. The molecule has 0 radical (unpaired) electrons. The van der Waals surface area contributed by atoms with Crippen molar-refractivity contribution in [2.24, 2.45) is 0 Å². The summed E-state index contributed by atoms with van der Waals surface area (Å²) in [5.74, 6) is -1.43. The van der Waals surface area contributed by atoms with E-state index >= 15 is 0 Å². The largest absolute Gasteiger partial charge is 0.486 e. The summed E-state index contributed by atoms with van der Waals surface area (Å²) in [6, 6.07) is 5.11. The summed E-state index contributed by atoms with van der Waals surface area (Å²) in [6.45, 7) is 5.47. The number of esters is 3. The smallest absolute Gasteiger partial charge is 0.348 e. The number of carbonyl (C=O) groups is 4. The Kier molecular flexibility index (Phi) is 8.47. The fourth-order valence-electron chi connectivity index (χ4n) is 3.17. The van der Waals surface area contributed by atoms with Crippen LogP contribution >= 0.6 is 11.3 Å². The maximum Gasteiger partial charge on any atom is 0.348 e. The summed E-state index contributed by atoms with van der Waals surface area (Å²) < 4.78 is 26.1. The van der Waals surface area contributed by atoms with Crippen molar-refractivity contribution >= 4 is 40.2 Å². The van der Waals surface area contributed by atoms with Crippen LogP contribution in [0.1, 0.15) is 45.0 Å². The molecule has 0 fully saturated rings. The molecule has 1 aliphatic heterocycles. The Morgan fingerprint density at radius 2 is 1.65 bits per heavy atom. The molecule has 0 spiro atoms. The van der Waals surface area contributed by atoms with E-state index in [1.54, 1.807) is 39.0 Å². The Morgan fingerprint density at radius 1 is 0.971 bits per heavy atom. The summed E-state index contributed by atoms with van der Waals surface area (Å²) in [5.41, 5.74) is 1.05. The van der Waals surface area contributed by atoms with Crippen molar-refractivity contribution in [2.75, 3.05) is 38.4 Å². The standard InChI is InChI=1S/C23H25NO9S/c1-4-29-22(27)19-13(3)20(23(28)30-5-2)34-21(19)24-17(25)12-33-18(26)11-14-6-7-15-16(10-14)32-9-8-31-15/h6-7,10H,4-5,8-9,11-12H2,1-3H3,(H,24,25). The van der Waals surface area contributed by atoms with Gasteiger partial charge in [0.2, 0.25) is 0 Å². The lowest BCUT2D eigenvalue weighted by atomic mass is 10.1. The van der Waals surface area contributed by atoms with E-state index in [1.165, 1.54) is 0 Å². The monoisotopic (exact) mass is 491 g/mol. The molecule has 1 aliphatic rings. The third-order valence-corrected chi connectivity index (χ3v) is 5.85. The minimum Gasteiger partial charge on any atom is -0.486 e. The highest BCUT2D eigenvalue weighted by atomic mass is 32.1. The molecular weight excluding hydrogens is 466 g/mol. The lowest BCUT2D eigenvalue weighted by molar-refractivity contribution is -0.146. The summed E-state index contributed by atoms with van der Waals surface area (Å²) in [6.07, 6.45) is -0.0664.